The Morgan fingerprint density at radius 1 is 0.623 bits per heavy atom. The summed E-state index contributed by atoms with van der Waals surface area (Å²) in [7, 11) is 1.62. The number of allylic oxidation sites excluding steroid dienone is 6. The Hall–Kier alpha value is -7.88. The highest BCUT2D eigenvalue weighted by Gasteiger charge is 2.63. The van der Waals surface area contributed by atoms with Gasteiger partial charge in [-0.25, -0.2) is 0 Å². The largest absolute Gasteiger partial charge is 0.508 e. The van der Waals surface area contributed by atoms with Gasteiger partial charge in [0.2, 0.25) is 23.1 Å². The summed E-state index contributed by atoms with van der Waals surface area (Å²) >= 11 is 0. The number of aliphatic hydroxyl groups excluding tert-OH is 3. The summed E-state index contributed by atoms with van der Waals surface area (Å²) in [6, 6.07) is 17.9. The molecule has 3 aliphatic heterocycles. The molecule has 14 atom stereocenters. The van der Waals surface area contributed by atoms with E-state index in [1.54, 1.807) is 13.2 Å². The average molecular weight is 1780 g/mol. The quantitative estimate of drug-likeness (QED) is 0.0439. The van der Waals surface area contributed by atoms with Gasteiger partial charge in [-0.15, -0.1) is 19.7 Å². The number of hydrogen-bond acceptors (Lipinski definition) is 14. The molecule has 4 aromatic rings. The van der Waals surface area contributed by atoms with Crippen LogP contribution in [0.1, 0.15) is 398 Å². The van der Waals surface area contributed by atoms with E-state index in [9.17, 15) is 49.2 Å². The van der Waals surface area contributed by atoms with E-state index in [0.29, 0.717) is 98.4 Å². The van der Waals surface area contributed by atoms with Crippen LogP contribution in [0.15, 0.2) is 126 Å². The molecular weight excluding hydrogens is 1620 g/mol. The summed E-state index contributed by atoms with van der Waals surface area (Å²) in [5.41, 5.74) is 19.7. The number of carbonyl (C=O) groups is 6. The lowest BCUT2D eigenvalue weighted by Crippen LogP contribution is -2.58. The molecule has 3 heterocycles. The zero-order chi connectivity index (χ0) is 96.1. The minimum atomic E-state index is -0.573. The highest BCUT2D eigenvalue weighted by Crippen LogP contribution is 2.66. The number of methoxy groups -OCH3 is 1. The van der Waals surface area contributed by atoms with Gasteiger partial charge in [0.05, 0.1) is 38.4 Å². The maximum absolute atomic E-state index is 13.0. The van der Waals surface area contributed by atoms with E-state index < -0.39 is 23.8 Å². The Morgan fingerprint density at radius 3 is 1.78 bits per heavy atom. The molecule has 130 heavy (non-hydrogen) atoms. The van der Waals surface area contributed by atoms with E-state index >= 15 is 0 Å². The molecule has 4 aromatic carbocycles. The van der Waals surface area contributed by atoms with E-state index in [4.69, 9.17) is 18.9 Å². The van der Waals surface area contributed by atoms with Gasteiger partial charge in [0, 0.05) is 50.5 Å². The van der Waals surface area contributed by atoms with Crippen LogP contribution in [0, 0.1) is 93.7 Å². The summed E-state index contributed by atoms with van der Waals surface area (Å²) in [4.78, 5) is 74.8. The molecule has 7 fully saturated rings. The minimum Gasteiger partial charge on any atom is -0.508 e. The number of hydrogen-bond donors (Lipinski definition) is 4. The topological polar surface area (TPSA) is 220 Å². The van der Waals surface area contributed by atoms with E-state index in [1.165, 1.54) is 88.2 Å². The third-order valence-electron chi connectivity index (χ3n) is 33.6. The molecule has 0 bridgehead atoms. The first kappa shape index (κ1) is 103. The van der Waals surface area contributed by atoms with Crippen molar-refractivity contribution in [3.8, 4) is 5.75 Å². The van der Waals surface area contributed by atoms with Gasteiger partial charge in [0.1, 0.15) is 35.1 Å². The smallest absolute Gasteiger partial charge is 0.306 e. The zero-order valence-electron chi connectivity index (χ0n) is 84.3. The number of fused-ring (bicyclic) bond motifs is 11. The van der Waals surface area contributed by atoms with E-state index in [-0.39, 0.29) is 104 Å². The summed E-state index contributed by atoms with van der Waals surface area (Å²) < 4.78 is 23.7. The number of esters is 1. The third kappa shape index (κ3) is 20.5. The van der Waals surface area contributed by atoms with Crippen LogP contribution in [-0.4, -0.2) is 92.9 Å². The van der Waals surface area contributed by atoms with E-state index in [0.717, 1.165) is 137 Å². The van der Waals surface area contributed by atoms with Crippen LogP contribution in [0.3, 0.4) is 0 Å². The van der Waals surface area contributed by atoms with Gasteiger partial charge in [0.25, 0.3) is 0 Å². The third-order valence-corrected chi connectivity index (χ3v) is 33.6. The van der Waals surface area contributed by atoms with Gasteiger partial charge in [0.15, 0.2) is 5.78 Å². The molecule has 9 unspecified atom stereocenters. The van der Waals surface area contributed by atoms with Crippen molar-refractivity contribution in [3.63, 3.8) is 0 Å². The number of phenolic OH excluding ortho intramolecular Hbond substituents is 1. The number of rotatable bonds is 17. The Kier molecular flexibility index (Phi) is 31.5. The number of benzene rings is 4. The summed E-state index contributed by atoms with van der Waals surface area (Å²) in [5.74, 6) is 2.43. The van der Waals surface area contributed by atoms with Crippen LogP contribution in [-0.2, 0) is 58.0 Å². The lowest BCUT2D eigenvalue weighted by Gasteiger charge is -2.60. The molecule has 12 aliphatic rings. The Bertz CT molecular complexity index is 5110. The van der Waals surface area contributed by atoms with Crippen molar-refractivity contribution in [1.29, 1.82) is 0 Å². The van der Waals surface area contributed by atoms with Crippen LogP contribution in [0.25, 0.3) is 11.8 Å². The number of carbonyl (C=O) groups excluding carboxylic acids is 6. The second kappa shape index (κ2) is 40.0. The molecule has 710 valence electrons. The fourth-order valence-corrected chi connectivity index (χ4v) is 26.5. The number of aliphatic hydroxyl groups is 3. The number of aromatic hydroxyl groups is 1. The van der Waals surface area contributed by atoms with Crippen molar-refractivity contribution in [2.24, 2.45) is 79.8 Å². The lowest BCUT2D eigenvalue weighted by atomic mass is 9.45. The van der Waals surface area contributed by atoms with Crippen LogP contribution >= 0.6 is 0 Å². The molecule has 5 saturated carbocycles. The molecule has 0 aromatic heterocycles. The van der Waals surface area contributed by atoms with Gasteiger partial charge in [-0.05, 0) is 316 Å². The first-order valence-corrected chi connectivity index (χ1v) is 49.5. The van der Waals surface area contributed by atoms with Crippen molar-refractivity contribution in [1.82, 2.24) is 0 Å². The summed E-state index contributed by atoms with van der Waals surface area (Å²) in [5, 5.41) is 42.1. The van der Waals surface area contributed by atoms with Gasteiger partial charge < -0.3 is 39.4 Å². The zero-order valence-corrected chi connectivity index (χ0v) is 84.3. The molecule has 0 spiro atoms. The highest BCUT2D eigenvalue weighted by atomic mass is 16.6. The van der Waals surface area contributed by atoms with Crippen LogP contribution in [0.2, 0.25) is 0 Å². The Labute approximate surface area is 781 Å². The molecule has 14 heteroatoms. The van der Waals surface area contributed by atoms with Crippen LogP contribution in [0.4, 0.5) is 0 Å². The lowest BCUT2D eigenvalue weighted by molar-refractivity contribution is -0.174. The molecule has 0 radical (unpaired) electrons. The van der Waals surface area contributed by atoms with Crippen molar-refractivity contribution in [2.45, 2.75) is 368 Å². The molecule has 0 amide bonds. The fourth-order valence-electron chi connectivity index (χ4n) is 26.5. The first-order valence-electron chi connectivity index (χ1n) is 49.5. The van der Waals surface area contributed by atoms with Crippen LogP contribution in [0.5, 0.6) is 5.75 Å². The molecule has 2 saturated heterocycles. The Balaban J connectivity index is 0.000000151. The Morgan fingerprint density at radius 2 is 1.20 bits per heavy atom. The fraction of sp³-hybridized carbons (Fsp3) is 0.621. The number of Topliss-reactive ketones (excluding diaryl/α,β-unsaturated/α-hetero) is 5. The highest BCUT2D eigenvalue weighted by molar-refractivity contribution is 6.53. The van der Waals surface area contributed by atoms with E-state index in [1.807, 2.05) is 118 Å². The summed E-state index contributed by atoms with van der Waals surface area (Å²) in [6.45, 7) is 68.4. The maximum atomic E-state index is 13.0. The molecule has 4 N–H and O–H groups in total. The SMILES string of the molecule is C=C(C)CCCc1c(C)ccc2c1C(=O)C(=O)C(C(C)C)=C2.C=C(C)CCCc1c(C)ccc2c1C(=O)C(=O)C(C(C)C)=C2O.C=C1COC2c3cccc4c3C(OC2C1)C(OC)=C(C(C)C)C4=O.C=CC(C)(C)CCC1[C@@H](O)[C@@H](O)CC2C(C)(C)CCC[C@]12C.CC(C)c1cc2c(cc1O)C1(C)CCCC(C)(C)C1CC2.CC1(C)CCC[C@@]2(C)C1CC[C@@]1(C)OC(=O)CC21. The molecule has 16 rings (SSSR count). The predicted octanol–water partition coefficient (Wildman–Crippen LogP) is 27.2. The second-order valence-corrected chi connectivity index (χ2v) is 46.3. The second-order valence-electron chi connectivity index (χ2n) is 46.3. The maximum Gasteiger partial charge on any atom is 0.306 e. The monoisotopic (exact) mass is 1780 g/mol. The first-order chi connectivity index (χ1) is 60.7. The number of aryl methyl sites for hydroxylation is 3. The van der Waals surface area contributed by atoms with Crippen molar-refractivity contribution in [2.75, 3.05) is 13.7 Å². The van der Waals surface area contributed by atoms with E-state index in [2.05, 4.69) is 135 Å². The predicted molar refractivity (Wildman–Crippen MR) is 526 cm³/mol. The van der Waals surface area contributed by atoms with Gasteiger partial charge in [-0.1, -0.05) is 223 Å². The summed E-state index contributed by atoms with van der Waals surface area (Å²) in [6.07, 6.45) is 27.8. The standard InChI is InChI=1S/C20H22O4.C20H24O3.C20H24O2.C20H36O2.C20H30O.C16H26O2/c1-10(2)15-17(21)12-6-5-7-13-16(12)20(19(15)22-4)24-14-8-11(3)9-23-18(13)14;1-11(2)7-6-8-14-13(5)9-10-15-17(14)20(23)19(22)16(12(3)4)18(15)21;1-12(2)7-6-8-16-14(5)9-10-15-11-17(13(3)4)19(21)20(22)18(15)16;1-7-18(2,3)12-9-14-17(22)15(21)13-16-19(4,5)10-8-11-20(14,16)6;1-13(2)15-11-14-7-8-18-19(3,4)9-6-10-20(18,5)16(14)12-17(15)21;1-14(2)7-5-8-15(3)11(14)6-9-16(4)12(15)10-13(17)18-16/h5-7,10,14,18,20H,3,8-9H2,1-2,4H3;9-10,12,21H,1,6-8H2,2-5H3;9-11,13H,1,6-8H2,2-5H3;7,14-17,21-22H,1,8-13H2,2-6H3;11-13,18,21H,6-10H2,1-5H3;11-12H,5-10H2,1-4H3/t;;;14?,15-,16?,17+,20+;;11?,12?,15-,16+/m...0.0/s1. The molecule has 14 nitrogen and oxygen atoms in total. The molecule has 9 aliphatic carbocycles. The van der Waals surface area contributed by atoms with Gasteiger partial charge in [-0.2, -0.15) is 0 Å². The average Bonchev–Trinajstić information content (AvgIpc) is 1.52. The number of ether oxygens (including phenoxy) is 4. The van der Waals surface area contributed by atoms with Crippen molar-refractivity contribution >= 4 is 46.7 Å². The van der Waals surface area contributed by atoms with Gasteiger partial charge in [-0.3, -0.25) is 28.8 Å². The molecular formula is C116H162O14. The van der Waals surface area contributed by atoms with Crippen LogP contribution < -0.4 is 0 Å². The minimum absolute atomic E-state index is 0.0350. The van der Waals surface area contributed by atoms with Crippen molar-refractivity contribution < 1.29 is 68.1 Å². The normalized spacial score (nSPS) is 29.3. The van der Waals surface area contributed by atoms with Crippen molar-refractivity contribution in [3.05, 3.63) is 204 Å². The van der Waals surface area contributed by atoms with Gasteiger partial charge >= 0.3 is 5.97 Å². The number of ketones is 5. The number of phenols is 1.